The van der Waals surface area contributed by atoms with Gasteiger partial charge in [-0.25, -0.2) is 0 Å². The number of nitrogens with zero attached hydrogens (tertiary/aromatic N) is 1. The number of hydrogen-bond donors (Lipinski definition) is 1. The number of rotatable bonds is 3. The van der Waals surface area contributed by atoms with Crippen LogP contribution in [0.5, 0.6) is 0 Å². The van der Waals surface area contributed by atoms with Crippen LogP contribution in [-0.2, 0) is 13.6 Å². The first-order chi connectivity index (χ1) is 8.39. The van der Waals surface area contributed by atoms with Gasteiger partial charge in [-0.05, 0) is 56.6 Å². The lowest BCUT2D eigenvalue weighted by molar-refractivity contribution is 0.206. The molecule has 0 saturated heterocycles. The standard InChI is InChI=1S/C16H28N2/c1-12-10-14(13(2)18(12)5)11-17-15-6-8-16(3,4)9-7-15/h10,15,17H,6-9,11H2,1-5H3. The van der Waals surface area contributed by atoms with E-state index in [1.54, 1.807) is 0 Å². The molecule has 0 unspecified atom stereocenters. The van der Waals surface area contributed by atoms with Crippen molar-refractivity contribution in [1.29, 1.82) is 0 Å². The van der Waals surface area contributed by atoms with Gasteiger partial charge in [0.05, 0.1) is 0 Å². The van der Waals surface area contributed by atoms with Crippen molar-refractivity contribution in [3.8, 4) is 0 Å². The summed E-state index contributed by atoms with van der Waals surface area (Å²) < 4.78 is 2.28. The lowest BCUT2D eigenvalue weighted by Crippen LogP contribution is -2.35. The van der Waals surface area contributed by atoms with Crippen molar-refractivity contribution in [2.75, 3.05) is 0 Å². The number of nitrogens with one attached hydrogen (secondary N) is 1. The zero-order chi connectivity index (χ0) is 13.3. The maximum Gasteiger partial charge on any atom is 0.0225 e. The molecule has 1 saturated carbocycles. The van der Waals surface area contributed by atoms with E-state index < -0.39 is 0 Å². The lowest BCUT2D eigenvalue weighted by atomic mass is 9.75. The normalized spacial score (nSPS) is 20.3. The Morgan fingerprint density at radius 1 is 1.28 bits per heavy atom. The van der Waals surface area contributed by atoms with E-state index >= 15 is 0 Å². The van der Waals surface area contributed by atoms with E-state index in [2.05, 4.69) is 50.7 Å². The maximum atomic E-state index is 3.74. The number of aryl methyl sites for hydroxylation is 1. The van der Waals surface area contributed by atoms with Gasteiger partial charge < -0.3 is 9.88 Å². The minimum atomic E-state index is 0.567. The summed E-state index contributed by atoms with van der Waals surface area (Å²) in [6.07, 6.45) is 5.38. The Kier molecular flexibility index (Phi) is 3.86. The molecule has 2 heteroatoms. The second-order valence-electron chi connectivity index (χ2n) is 6.77. The Morgan fingerprint density at radius 2 is 1.89 bits per heavy atom. The third-order valence-corrected chi connectivity index (χ3v) is 4.80. The van der Waals surface area contributed by atoms with Crippen LogP contribution in [0.2, 0.25) is 0 Å². The second-order valence-corrected chi connectivity index (χ2v) is 6.77. The molecule has 102 valence electrons. The first kappa shape index (κ1) is 13.7. The van der Waals surface area contributed by atoms with E-state index in [4.69, 9.17) is 0 Å². The van der Waals surface area contributed by atoms with E-state index in [0.717, 1.165) is 12.6 Å². The smallest absolute Gasteiger partial charge is 0.0225 e. The predicted octanol–water partition coefficient (Wildman–Crippen LogP) is 3.70. The average molecular weight is 248 g/mol. The van der Waals surface area contributed by atoms with Crippen molar-refractivity contribution >= 4 is 0 Å². The highest BCUT2D eigenvalue weighted by Gasteiger charge is 2.26. The van der Waals surface area contributed by atoms with Crippen molar-refractivity contribution in [2.45, 2.75) is 66.0 Å². The molecule has 18 heavy (non-hydrogen) atoms. The molecule has 0 amide bonds. The van der Waals surface area contributed by atoms with Crippen LogP contribution in [0.3, 0.4) is 0 Å². The summed E-state index contributed by atoms with van der Waals surface area (Å²) in [5.74, 6) is 0. The van der Waals surface area contributed by atoms with Crippen LogP contribution in [0.15, 0.2) is 6.07 Å². The van der Waals surface area contributed by atoms with Gasteiger partial charge in [0.25, 0.3) is 0 Å². The fourth-order valence-electron chi connectivity index (χ4n) is 2.97. The van der Waals surface area contributed by atoms with Crippen LogP contribution < -0.4 is 5.32 Å². The minimum Gasteiger partial charge on any atom is -0.352 e. The van der Waals surface area contributed by atoms with Crippen LogP contribution in [0, 0.1) is 19.3 Å². The molecule has 1 aliphatic rings. The monoisotopic (exact) mass is 248 g/mol. The van der Waals surface area contributed by atoms with Gasteiger partial charge in [0.2, 0.25) is 0 Å². The van der Waals surface area contributed by atoms with Gasteiger partial charge >= 0.3 is 0 Å². The Balaban J connectivity index is 1.87. The molecule has 1 aromatic heterocycles. The highest BCUT2D eigenvalue weighted by Crippen LogP contribution is 2.35. The molecule has 0 spiro atoms. The van der Waals surface area contributed by atoms with Crippen LogP contribution in [0.4, 0.5) is 0 Å². The molecule has 0 aliphatic heterocycles. The summed E-state index contributed by atoms with van der Waals surface area (Å²) in [7, 11) is 2.15. The molecule has 0 radical (unpaired) electrons. The molecule has 1 heterocycles. The largest absolute Gasteiger partial charge is 0.352 e. The van der Waals surface area contributed by atoms with Crippen LogP contribution in [0.25, 0.3) is 0 Å². The van der Waals surface area contributed by atoms with Crippen molar-refractivity contribution in [3.63, 3.8) is 0 Å². The van der Waals surface area contributed by atoms with Gasteiger partial charge in [-0.3, -0.25) is 0 Å². The van der Waals surface area contributed by atoms with Gasteiger partial charge in [0, 0.05) is 31.0 Å². The van der Waals surface area contributed by atoms with E-state index in [1.807, 2.05) is 0 Å². The van der Waals surface area contributed by atoms with Gasteiger partial charge in [-0.2, -0.15) is 0 Å². The fourth-order valence-corrected chi connectivity index (χ4v) is 2.97. The third kappa shape index (κ3) is 2.97. The summed E-state index contributed by atoms with van der Waals surface area (Å²) in [5.41, 5.74) is 4.78. The quantitative estimate of drug-likeness (QED) is 0.863. The molecular weight excluding hydrogens is 220 g/mol. The number of aromatic nitrogens is 1. The zero-order valence-electron chi connectivity index (χ0n) is 12.6. The van der Waals surface area contributed by atoms with Crippen molar-refractivity contribution in [2.24, 2.45) is 12.5 Å². The van der Waals surface area contributed by atoms with E-state index in [9.17, 15) is 0 Å². The van der Waals surface area contributed by atoms with Crippen LogP contribution in [-0.4, -0.2) is 10.6 Å². The predicted molar refractivity (Wildman–Crippen MR) is 77.8 cm³/mol. The SMILES string of the molecule is Cc1cc(CNC2CCC(C)(C)CC2)c(C)n1C. The Morgan fingerprint density at radius 3 is 2.39 bits per heavy atom. The molecule has 1 fully saturated rings. The second kappa shape index (κ2) is 5.08. The summed E-state index contributed by atoms with van der Waals surface area (Å²) in [6.45, 7) is 10.2. The third-order valence-electron chi connectivity index (χ3n) is 4.80. The maximum absolute atomic E-state index is 3.74. The van der Waals surface area contributed by atoms with E-state index in [0.29, 0.717) is 5.41 Å². The van der Waals surface area contributed by atoms with E-state index in [1.165, 1.54) is 42.6 Å². The fraction of sp³-hybridized carbons (Fsp3) is 0.750. The molecule has 0 atom stereocenters. The highest BCUT2D eigenvalue weighted by atomic mass is 15.0. The van der Waals surface area contributed by atoms with Crippen molar-refractivity contribution in [1.82, 2.24) is 9.88 Å². The topological polar surface area (TPSA) is 17.0 Å². The van der Waals surface area contributed by atoms with Crippen LogP contribution >= 0.6 is 0 Å². The molecule has 1 N–H and O–H groups in total. The molecule has 2 nitrogen and oxygen atoms in total. The average Bonchev–Trinajstić information content (AvgIpc) is 2.56. The molecular formula is C16H28N2. The summed E-state index contributed by atoms with van der Waals surface area (Å²) >= 11 is 0. The van der Waals surface area contributed by atoms with Gasteiger partial charge in [0.15, 0.2) is 0 Å². The summed E-state index contributed by atoms with van der Waals surface area (Å²) in [4.78, 5) is 0. The Hall–Kier alpha value is -0.760. The summed E-state index contributed by atoms with van der Waals surface area (Å²) in [6, 6.07) is 3.03. The molecule has 2 rings (SSSR count). The molecule has 1 aromatic rings. The molecule has 1 aliphatic carbocycles. The summed E-state index contributed by atoms with van der Waals surface area (Å²) in [5, 5.41) is 3.74. The molecule has 0 bridgehead atoms. The van der Waals surface area contributed by atoms with Crippen molar-refractivity contribution in [3.05, 3.63) is 23.0 Å². The van der Waals surface area contributed by atoms with E-state index in [-0.39, 0.29) is 0 Å². The lowest BCUT2D eigenvalue weighted by Gasteiger charge is -2.34. The van der Waals surface area contributed by atoms with Crippen molar-refractivity contribution < 1.29 is 0 Å². The Bertz CT molecular complexity index is 405. The number of hydrogen-bond acceptors (Lipinski definition) is 1. The van der Waals surface area contributed by atoms with Gasteiger partial charge in [-0.1, -0.05) is 13.8 Å². The minimum absolute atomic E-state index is 0.567. The first-order valence-electron chi connectivity index (χ1n) is 7.24. The van der Waals surface area contributed by atoms with Gasteiger partial charge in [0.1, 0.15) is 0 Å². The Labute approximate surface area is 112 Å². The van der Waals surface area contributed by atoms with Gasteiger partial charge in [-0.15, -0.1) is 0 Å². The zero-order valence-corrected chi connectivity index (χ0v) is 12.6. The highest BCUT2D eigenvalue weighted by molar-refractivity contribution is 5.26. The molecule has 0 aromatic carbocycles. The first-order valence-corrected chi connectivity index (χ1v) is 7.24. The van der Waals surface area contributed by atoms with Crippen LogP contribution in [0.1, 0.15) is 56.5 Å².